The summed E-state index contributed by atoms with van der Waals surface area (Å²) in [6, 6.07) is 9.05. The molecule has 0 radical (unpaired) electrons. The van der Waals surface area contributed by atoms with Gasteiger partial charge in [-0.05, 0) is 49.2 Å². The fourth-order valence-electron chi connectivity index (χ4n) is 1.68. The van der Waals surface area contributed by atoms with Crippen LogP contribution in [-0.2, 0) is 0 Å². The number of rotatable bonds is 4. The molecule has 4 heteroatoms. The van der Waals surface area contributed by atoms with Crippen molar-refractivity contribution in [2.75, 3.05) is 0 Å². The topological polar surface area (TPSA) is 42.4 Å². The van der Waals surface area contributed by atoms with Crippen molar-refractivity contribution in [2.24, 2.45) is 0 Å². The Balaban J connectivity index is 2.12. The number of aryl methyl sites for hydroxylation is 1. The molecule has 2 aromatic rings. The third kappa shape index (κ3) is 3.46. The Bertz CT molecular complexity index is 555. The van der Waals surface area contributed by atoms with Crippen LogP contribution in [0.2, 0.25) is 5.02 Å². The second-order valence-corrected chi connectivity index (χ2v) is 4.76. The first-order chi connectivity index (χ1) is 9.10. The smallest absolute Gasteiger partial charge is 0.145 e. The number of aliphatic hydroxyl groups is 1. The Morgan fingerprint density at radius 1 is 1.26 bits per heavy atom. The molecule has 2 rings (SSSR count). The molecule has 0 aliphatic carbocycles. The van der Waals surface area contributed by atoms with Crippen molar-refractivity contribution >= 4 is 11.6 Å². The molecule has 1 N–H and O–H groups in total. The minimum atomic E-state index is -0.521. The van der Waals surface area contributed by atoms with Gasteiger partial charge in [-0.25, -0.2) is 0 Å². The normalized spacial score (nSPS) is 12.2. The number of halogens is 1. The number of aliphatic hydroxyl groups excluding tert-OH is 1. The number of nitrogens with zero attached hydrogens (tertiary/aromatic N) is 1. The lowest BCUT2D eigenvalue weighted by atomic mass is 10.2. The van der Waals surface area contributed by atoms with E-state index < -0.39 is 6.10 Å². The number of hydrogen-bond acceptors (Lipinski definition) is 3. The Kier molecular flexibility index (Phi) is 4.40. The van der Waals surface area contributed by atoms with Crippen molar-refractivity contribution in [2.45, 2.75) is 26.4 Å². The maximum Gasteiger partial charge on any atom is 0.145 e. The largest absolute Gasteiger partial charge is 0.456 e. The summed E-state index contributed by atoms with van der Waals surface area (Å²) in [5.41, 5.74) is 1.62. The van der Waals surface area contributed by atoms with Gasteiger partial charge in [-0.15, -0.1) is 0 Å². The third-order valence-corrected chi connectivity index (χ3v) is 3.28. The maximum absolute atomic E-state index is 9.66. The minimum Gasteiger partial charge on any atom is -0.456 e. The maximum atomic E-state index is 9.66. The monoisotopic (exact) mass is 277 g/mol. The highest BCUT2D eigenvalue weighted by molar-refractivity contribution is 6.31. The lowest BCUT2D eigenvalue weighted by Gasteiger charge is -2.09. The van der Waals surface area contributed by atoms with Crippen LogP contribution in [-0.4, -0.2) is 10.1 Å². The first kappa shape index (κ1) is 13.8. The molecule has 0 amide bonds. The molecule has 3 nitrogen and oxygen atoms in total. The Hall–Kier alpha value is -1.58. The molecule has 1 unspecified atom stereocenters. The fourth-order valence-corrected chi connectivity index (χ4v) is 1.79. The summed E-state index contributed by atoms with van der Waals surface area (Å²) < 4.78 is 5.68. The van der Waals surface area contributed by atoms with Crippen molar-refractivity contribution in [1.29, 1.82) is 0 Å². The quantitative estimate of drug-likeness (QED) is 0.907. The number of ether oxygens (including phenoxy) is 1. The summed E-state index contributed by atoms with van der Waals surface area (Å²) in [4.78, 5) is 4.18. The van der Waals surface area contributed by atoms with Crippen molar-refractivity contribution < 1.29 is 9.84 Å². The van der Waals surface area contributed by atoms with Crippen LogP contribution in [0.3, 0.4) is 0 Å². The molecule has 1 aromatic heterocycles. The van der Waals surface area contributed by atoms with E-state index in [4.69, 9.17) is 16.3 Å². The molecule has 1 heterocycles. The minimum absolute atomic E-state index is 0.521. The average Bonchev–Trinajstić information content (AvgIpc) is 2.43. The summed E-state index contributed by atoms with van der Waals surface area (Å²) >= 11 is 5.96. The van der Waals surface area contributed by atoms with Crippen LogP contribution < -0.4 is 4.74 Å². The van der Waals surface area contributed by atoms with Crippen molar-refractivity contribution in [3.05, 3.63) is 52.8 Å². The highest BCUT2D eigenvalue weighted by Crippen LogP contribution is 2.26. The molecule has 100 valence electrons. The number of pyridine rings is 1. The van der Waals surface area contributed by atoms with Crippen LogP contribution in [0.5, 0.6) is 11.5 Å². The van der Waals surface area contributed by atoms with Gasteiger partial charge in [0.15, 0.2) is 0 Å². The lowest BCUT2D eigenvalue weighted by molar-refractivity contribution is 0.169. The molecule has 0 bridgehead atoms. The van der Waals surface area contributed by atoms with Gasteiger partial charge in [-0.2, -0.15) is 0 Å². The van der Waals surface area contributed by atoms with Crippen LogP contribution in [0.15, 0.2) is 36.5 Å². The zero-order valence-corrected chi connectivity index (χ0v) is 11.7. The van der Waals surface area contributed by atoms with Crippen LogP contribution in [0, 0.1) is 6.92 Å². The molecule has 1 aromatic carbocycles. The van der Waals surface area contributed by atoms with Gasteiger partial charge < -0.3 is 9.84 Å². The Morgan fingerprint density at radius 2 is 2.00 bits per heavy atom. The highest BCUT2D eigenvalue weighted by Gasteiger charge is 2.06. The summed E-state index contributed by atoms with van der Waals surface area (Å²) in [6.45, 7) is 3.83. The summed E-state index contributed by atoms with van der Waals surface area (Å²) in [7, 11) is 0. The van der Waals surface area contributed by atoms with E-state index in [1.54, 1.807) is 24.4 Å². The number of hydrogen-bond donors (Lipinski definition) is 1. The van der Waals surface area contributed by atoms with Gasteiger partial charge in [0.1, 0.15) is 11.5 Å². The van der Waals surface area contributed by atoms with E-state index in [1.807, 2.05) is 26.0 Å². The Labute approximate surface area is 117 Å². The van der Waals surface area contributed by atoms with Crippen LogP contribution in [0.1, 0.15) is 30.7 Å². The van der Waals surface area contributed by atoms with E-state index in [0.29, 0.717) is 28.6 Å². The predicted molar refractivity (Wildman–Crippen MR) is 75.8 cm³/mol. The highest BCUT2D eigenvalue weighted by atomic mass is 35.5. The molecule has 0 aliphatic rings. The van der Waals surface area contributed by atoms with E-state index in [9.17, 15) is 5.11 Å². The van der Waals surface area contributed by atoms with Crippen LogP contribution in [0.4, 0.5) is 0 Å². The molecule has 0 aliphatic heterocycles. The molecule has 0 saturated carbocycles. The fraction of sp³-hybridized carbons (Fsp3) is 0.267. The van der Waals surface area contributed by atoms with E-state index in [1.165, 1.54) is 0 Å². The second kappa shape index (κ2) is 6.04. The van der Waals surface area contributed by atoms with Crippen LogP contribution >= 0.6 is 11.6 Å². The standard InChI is InChI=1S/C15H16ClNO2/c1-3-15(18)14-7-5-12(9-17-14)19-11-4-6-13(16)10(2)8-11/h4-9,15,18H,3H2,1-2H3. The van der Waals surface area contributed by atoms with Gasteiger partial charge in [0, 0.05) is 5.02 Å². The van der Waals surface area contributed by atoms with Gasteiger partial charge >= 0.3 is 0 Å². The van der Waals surface area contributed by atoms with E-state index in [2.05, 4.69) is 4.98 Å². The van der Waals surface area contributed by atoms with Gasteiger partial charge in [0.2, 0.25) is 0 Å². The third-order valence-electron chi connectivity index (χ3n) is 2.85. The predicted octanol–water partition coefficient (Wildman–Crippen LogP) is 4.28. The van der Waals surface area contributed by atoms with Gasteiger partial charge in [-0.1, -0.05) is 18.5 Å². The first-order valence-electron chi connectivity index (χ1n) is 6.18. The van der Waals surface area contributed by atoms with Gasteiger partial charge in [0.25, 0.3) is 0 Å². The molecule has 0 spiro atoms. The van der Waals surface area contributed by atoms with E-state index in [-0.39, 0.29) is 0 Å². The van der Waals surface area contributed by atoms with Crippen molar-refractivity contribution in [3.8, 4) is 11.5 Å². The van der Waals surface area contributed by atoms with Gasteiger partial charge in [-0.3, -0.25) is 4.98 Å². The summed E-state index contributed by atoms with van der Waals surface area (Å²) in [6.07, 6.45) is 1.73. The summed E-state index contributed by atoms with van der Waals surface area (Å²) in [5.74, 6) is 1.35. The SMILES string of the molecule is CCC(O)c1ccc(Oc2ccc(Cl)c(C)c2)cn1. The van der Waals surface area contributed by atoms with Crippen molar-refractivity contribution in [1.82, 2.24) is 4.98 Å². The number of aromatic nitrogens is 1. The summed E-state index contributed by atoms with van der Waals surface area (Å²) in [5, 5.41) is 10.4. The zero-order valence-electron chi connectivity index (χ0n) is 10.9. The van der Waals surface area contributed by atoms with E-state index >= 15 is 0 Å². The van der Waals surface area contributed by atoms with E-state index in [0.717, 1.165) is 5.56 Å². The first-order valence-corrected chi connectivity index (χ1v) is 6.56. The average molecular weight is 278 g/mol. The molecular weight excluding hydrogens is 262 g/mol. The molecular formula is C15H16ClNO2. The molecule has 1 atom stereocenters. The van der Waals surface area contributed by atoms with Crippen molar-refractivity contribution in [3.63, 3.8) is 0 Å². The molecule has 19 heavy (non-hydrogen) atoms. The second-order valence-electron chi connectivity index (χ2n) is 4.36. The van der Waals surface area contributed by atoms with Gasteiger partial charge in [0.05, 0.1) is 18.0 Å². The Morgan fingerprint density at radius 3 is 2.58 bits per heavy atom. The molecule has 0 fully saturated rings. The molecule has 0 saturated heterocycles. The lowest BCUT2D eigenvalue weighted by Crippen LogP contribution is -1.98. The zero-order chi connectivity index (χ0) is 13.8. The van der Waals surface area contributed by atoms with Crippen LogP contribution in [0.25, 0.3) is 0 Å². The number of benzene rings is 1.